The Hall–Kier alpha value is -1.87. The highest BCUT2D eigenvalue weighted by molar-refractivity contribution is 6.30. The highest BCUT2D eigenvalue weighted by atomic mass is 35.5. The van der Waals surface area contributed by atoms with Gasteiger partial charge < -0.3 is 4.90 Å². The first-order chi connectivity index (χ1) is 10.2. The molecule has 0 N–H and O–H groups in total. The van der Waals surface area contributed by atoms with E-state index in [9.17, 15) is 4.79 Å². The van der Waals surface area contributed by atoms with Gasteiger partial charge in [-0.15, -0.1) is 0 Å². The number of carbonyl (C=O) groups is 1. The number of rotatable bonds is 5. The fraction of sp³-hybridized carbons (Fsp3) is 0.294. The molecule has 0 bridgehead atoms. The second kappa shape index (κ2) is 6.27. The van der Waals surface area contributed by atoms with Crippen molar-refractivity contribution < 1.29 is 4.79 Å². The van der Waals surface area contributed by atoms with E-state index in [-0.39, 0.29) is 11.8 Å². The van der Waals surface area contributed by atoms with E-state index in [4.69, 9.17) is 11.6 Å². The van der Waals surface area contributed by atoms with Gasteiger partial charge in [0.25, 0.3) is 0 Å². The Bertz CT molecular complexity index is 608. The molecule has 0 saturated heterocycles. The zero-order chi connectivity index (χ0) is 14.7. The van der Waals surface area contributed by atoms with Crippen molar-refractivity contribution in [2.45, 2.75) is 19.3 Å². The van der Waals surface area contributed by atoms with Crippen LogP contribution in [0.1, 0.15) is 18.4 Å². The molecular weight excluding hydrogens is 284 g/mol. The van der Waals surface area contributed by atoms with Crippen LogP contribution in [0.25, 0.3) is 0 Å². The summed E-state index contributed by atoms with van der Waals surface area (Å²) in [5, 5.41) is 0.687. The van der Waals surface area contributed by atoms with Crippen molar-refractivity contribution in [2.24, 2.45) is 5.92 Å². The largest absolute Gasteiger partial charge is 0.312 e. The standard InChI is InChI=1S/C17H17ClN2O/c18-15-3-5-16(6-4-15)20(17(21)14-1-2-14)12-9-13-7-10-19-11-8-13/h3-8,10-11,14H,1-2,9,12H2. The SMILES string of the molecule is O=C(C1CC1)N(CCc1ccncc1)c1ccc(Cl)cc1. The van der Waals surface area contributed by atoms with Crippen LogP contribution < -0.4 is 4.90 Å². The summed E-state index contributed by atoms with van der Waals surface area (Å²) < 4.78 is 0. The second-order valence-electron chi connectivity index (χ2n) is 5.35. The summed E-state index contributed by atoms with van der Waals surface area (Å²) in [6, 6.07) is 11.5. The minimum Gasteiger partial charge on any atom is -0.312 e. The summed E-state index contributed by atoms with van der Waals surface area (Å²) in [6.07, 6.45) is 6.41. The molecule has 1 aromatic carbocycles. The summed E-state index contributed by atoms with van der Waals surface area (Å²) >= 11 is 5.93. The van der Waals surface area contributed by atoms with Crippen LogP contribution in [0.5, 0.6) is 0 Å². The third-order valence-corrected chi connectivity index (χ3v) is 3.96. The topological polar surface area (TPSA) is 33.2 Å². The smallest absolute Gasteiger partial charge is 0.230 e. The lowest BCUT2D eigenvalue weighted by Gasteiger charge is -2.23. The first-order valence-corrected chi connectivity index (χ1v) is 7.58. The second-order valence-corrected chi connectivity index (χ2v) is 5.78. The number of benzene rings is 1. The molecule has 1 saturated carbocycles. The van der Waals surface area contributed by atoms with E-state index in [2.05, 4.69) is 4.98 Å². The molecule has 108 valence electrons. The first-order valence-electron chi connectivity index (χ1n) is 7.20. The molecule has 3 rings (SSSR count). The number of amides is 1. The van der Waals surface area contributed by atoms with Crippen LogP contribution in [0.4, 0.5) is 5.69 Å². The zero-order valence-electron chi connectivity index (χ0n) is 11.7. The van der Waals surface area contributed by atoms with Crippen LogP contribution in [-0.2, 0) is 11.2 Å². The maximum Gasteiger partial charge on any atom is 0.230 e. The van der Waals surface area contributed by atoms with Gasteiger partial charge in [-0.3, -0.25) is 9.78 Å². The molecule has 0 radical (unpaired) electrons. The Morgan fingerprint density at radius 3 is 2.43 bits per heavy atom. The number of pyridine rings is 1. The normalized spacial score (nSPS) is 14.0. The molecular formula is C17H17ClN2O. The van der Waals surface area contributed by atoms with E-state index < -0.39 is 0 Å². The van der Waals surface area contributed by atoms with E-state index in [0.717, 1.165) is 24.9 Å². The van der Waals surface area contributed by atoms with Crippen molar-refractivity contribution in [1.82, 2.24) is 4.98 Å². The fourth-order valence-electron chi connectivity index (χ4n) is 2.33. The number of carbonyl (C=O) groups excluding carboxylic acids is 1. The molecule has 3 nitrogen and oxygen atoms in total. The molecule has 1 fully saturated rings. The fourth-order valence-corrected chi connectivity index (χ4v) is 2.45. The third-order valence-electron chi connectivity index (χ3n) is 3.70. The number of aromatic nitrogens is 1. The molecule has 4 heteroatoms. The lowest BCUT2D eigenvalue weighted by molar-refractivity contribution is -0.119. The van der Waals surface area contributed by atoms with Gasteiger partial charge in [0, 0.05) is 35.6 Å². The van der Waals surface area contributed by atoms with E-state index in [1.54, 1.807) is 12.4 Å². The van der Waals surface area contributed by atoms with Gasteiger partial charge >= 0.3 is 0 Å². The number of hydrogen-bond acceptors (Lipinski definition) is 2. The van der Waals surface area contributed by atoms with Crippen molar-refractivity contribution in [3.05, 3.63) is 59.4 Å². The highest BCUT2D eigenvalue weighted by Crippen LogP contribution is 2.33. The van der Waals surface area contributed by atoms with E-state index in [1.807, 2.05) is 41.3 Å². The molecule has 0 unspecified atom stereocenters. The van der Waals surface area contributed by atoms with Crippen LogP contribution in [-0.4, -0.2) is 17.4 Å². The van der Waals surface area contributed by atoms with Gasteiger partial charge in [-0.05, 0) is 61.2 Å². The summed E-state index contributed by atoms with van der Waals surface area (Å²) in [4.78, 5) is 18.4. The quantitative estimate of drug-likeness (QED) is 0.843. The number of hydrogen-bond donors (Lipinski definition) is 0. The molecule has 21 heavy (non-hydrogen) atoms. The molecule has 1 heterocycles. The van der Waals surface area contributed by atoms with Crippen LogP contribution in [0, 0.1) is 5.92 Å². The molecule has 1 aliphatic carbocycles. The highest BCUT2D eigenvalue weighted by Gasteiger charge is 2.33. The Kier molecular flexibility index (Phi) is 4.20. The average molecular weight is 301 g/mol. The van der Waals surface area contributed by atoms with Crippen molar-refractivity contribution in [3.63, 3.8) is 0 Å². The van der Waals surface area contributed by atoms with Crippen molar-refractivity contribution in [3.8, 4) is 0 Å². The molecule has 2 aromatic rings. The minimum atomic E-state index is 0.207. The van der Waals surface area contributed by atoms with Gasteiger partial charge in [0.2, 0.25) is 5.91 Å². The van der Waals surface area contributed by atoms with Gasteiger partial charge in [0.15, 0.2) is 0 Å². The predicted octanol–water partition coefficient (Wildman–Crippen LogP) is 3.72. The van der Waals surface area contributed by atoms with E-state index >= 15 is 0 Å². The average Bonchev–Trinajstić information content (AvgIpc) is 3.35. The Morgan fingerprint density at radius 1 is 1.14 bits per heavy atom. The zero-order valence-corrected chi connectivity index (χ0v) is 12.5. The summed E-state index contributed by atoms with van der Waals surface area (Å²) in [5.74, 6) is 0.435. The van der Waals surface area contributed by atoms with Gasteiger partial charge in [-0.2, -0.15) is 0 Å². The maximum absolute atomic E-state index is 12.5. The van der Waals surface area contributed by atoms with Gasteiger partial charge in [-0.1, -0.05) is 11.6 Å². The molecule has 1 aliphatic rings. The first kappa shape index (κ1) is 14.1. The Morgan fingerprint density at radius 2 is 1.81 bits per heavy atom. The van der Waals surface area contributed by atoms with Gasteiger partial charge in [-0.25, -0.2) is 0 Å². The molecule has 1 amide bonds. The van der Waals surface area contributed by atoms with Crippen molar-refractivity contribution >= 4 is 23.2 Å². The van der Waals surface area contributed by atoms with Crippen LogP contribution >= 0.6 is 11.6 Å². The number of halogens is 1. The summed E-state index contributed by atoms with van der Waals surface area (Å²) in [6.45, 7) is 0.682. The molecule has 0 spiro atoms. The Balaban J connectivity index is 1.75. The van der Waals surface area contributed by atoms with Crippen molar-refractivity contribution in [2.75, 3.05) is 11.4 Å². The Labute approximate surface area is 129 Å². The number of anilines is 1. The molecule has 0 atom stereocenters. The third kappa shape index (κ3) is 3.61. The van der Waals surface area contributed by atoms with Gasteiger partial charge in [0.1, 0.15) is 0 Å². The summed E-state index contributed by atoms with van der Waals surface area (Å²) in [7, 11) is 0. The lowest BCUT2D eigenvalue weighted by Crippen LogP contribution is -2.34. The number of nitrogens with zero attached hydrogens (tertiary/aromatic N) is 2. The van der Waals surface area contributed by atoms with E-state index in [1.165, 1.54) is 5.56 Å². The minimum absolute atomic E-state index is 0.207. The summed E-state index contributed by atoms with van der Waals surface area (Å²) in [5.41, 5.74) is 2.11. The maximum atomic E-state index is 12.5. The van der Waals surface area contributed by atoms with E-state index in [0.29, 0.717) is 11.6 Å². The molecule has 0 aliphatic heterocycles. The monoisotopic (exact) mass is 300 g/mol. The van der Waals surface area contributed by atoms with Gasteiger partial charge in [0.05, 0.1) is 0 Å². The predicted molar refractivity (Wildman–Crippen MR) is 84.5 cm³/mol. The van der Waals surface area contributed by atoms with Crippen LogP contribution in [0.15, 0.2) is 48.8 Å². The van der Waals surface area contributed by atoms with Crippen LogP contribution in [0.2, 0.25) is 5.02 Å². The van der Waals surface area contributed by atoms with Crippen molar-refractivity contribution in [1.29, 1.82) is 0 Å². The lowest BCUT2D eigenvalue weighted by atomic mass is 10.1. The molecule has 1 aromatic heterocycles. The van der Waals surface area contributed by atoms with Crippen LogP contribution in [0.3, 0.4) is 0 Å².